The lowest BCUT2D eigenvalue weighted by atomic mass is 9.77. The Morgan fingerprint density at radius 1 is 1.13 bits per heavy atom. The van der Waals surface area contributed by atoms with Crippen LogP contribution in [0.3, 0.4) is 0 Å². The van der Waals surface area contributed by atoms with E-state index < -0.39 is 47.3 Å². The Balaban J connectivity index is 1.71. The number of hydrogen-bond acceptors (Lipinski definition) is 8. The summed E-state index contributed by atoms with van der Waals surface area (Å²) in [5, 5.41) is 31.4. The van der Waals surface area contributed by atoms with Gasteiger partial charge in [0, 0.05) is 5.56 Å². The van der Waals surface area contributed by atoms with Gasteiger partial charge in [0.25, 0.3) is 0 Å². The minimum Gasteiger partial charge on any atom is -0.496 e. The molecule has 0 aliphatic carbocycles. The zero-order valence-electron chi connectivity index (χ0n) is 18.3. The number of aliphatic hydroxyl groups excluding tert-OH is 3. The lowest BCUT2D eigenvalue weighted by molar-refractivity contribution is -0.225. The third-order valence-corrected chi connectivity index (χ3v) is 6.06. The molecule has 2 aliphatic heterocycles. The molecule has 170 valence electrons. The van der Waals surface area contributed by atoms with Crippen LogP contribution in [0.1, 0.15) is 32.1 Å². The van der Waals surface area contributed by atoms with Crippen molar-refractivity contribution < 1.29 is 33.9 Å². The minimum absolute atomic E-state index is 0.400. The Bertz CT molecular complexity index is 945. The van der Waals surface area contributed by atoms with Crippen LogP contribution in [0.2, 0.25) is 0 Å². The van der Waals surface area contributed by atoms with E-state index in [-0.39, 0.29) is 0 Å². The first-order valence-corrected chi connectivity index (χ1v) is 10.1. The summed E-state index contributed by atoms with van der Waals surface area (Å²) in [6.45, 7) is 6.65. The molecular formula is C23H30O8. The van der Waals surface area contributed by atoms with Crippen LogP contribution in [-0.2, 0) is 9.47 Å². The molecule has 1 aromatic rings. The fourth-order valence-corrected chi connectivity index (χ4v) is 4.32. The summed E-state index contributed by atoms with van der Waals surface area (Å²) in [7, 11) is 1.49. The summed E-state index contributed by atoms with van der Waals surface area (Å²) >= 11 is 0. The Morgan fingerprint density at radius 3 is 2.45 bits per heavy atom. The molecule has 2 fully saturated rings. The molecule has 7 atom stereocenters. The number of rotatable bonds is 6. The third kappa shape index (κ3) is 4.14. The van der Waals surface area contributed by atoms with Gasteiger partial charge in [-0.25, -0.2) is 4.79 Å². The summed E-state index contributed by atoms with van der Waals surface area (Å²) in [6.07, 6.45) is 5.61. The smallest absolute Gasteiger partial charge is 0.339 e. The Labute approximate surface area is 181 Å². The van der Waals surface area contributed by atoms with Gasteiger partial charge < -0.3 is 33.9 Å². The maximum Gasteiger partial charge on any atom is 0.339 e. The van der Waals surface area contributed by atoms with Gasteiger partial charge in [-0.05, 0) is 33.8 Å². The Morgan fingerprint density at radius 2 is 1.81 bits per heavy atom. The zero-order valence-corrected chi connectivity index (χ0v) is 18.3. The largest absolute Gasteiger partial charge is 0.496 e. The average Bonchev–Trinajstić information content (AvgIpc) is 2.87. The van der Waals surface area contributed by atoms with Crippen molar-refractivity contribution in [2.75, 3.05) is 7.11 Å². The van der Waals surface area contributed by atoms with Crippen molar-refractivity contribution in [1.82, 2.24) is 0 Å². The van der Waals surface area contributed by atoms with E-state index in [1.807, 2.05) is 0 Å². The van der Waals surface area contributed by atoms with E-state index in [0.717, 1.165) is 0 Å². The highest BCUT2D eigenvalue weighted by Gasteiger charge is 2.69. The van der Waals surface area contributed by atoms with Gasteiger partial charge >= 0.3 is 5.63 Å². The summed E-state index contributed by atoms with van der Waals surface area (Å²) in [5.41, 5.74) is -2.19. The lowest BCUT2D eigenvalue weighted by Gasteiger charge is -2.45. The van der Waals surface area contributed by atoms with Gasteiger partial charge in [0.05, 0.1) is 19.3 Å². The summed E-state index contributed by atoms with van der Waals surface area (Å²) in [5.74, 6) is 0.858. The van der Waals surface area contributed by atoms with Crippen LogP contribution >= 0.6 is 0 Å². The number of fused-ring (bicyclic) bond motifs is 2. The fourth-order valence-electron chi connectivity index (χ4n) is 4.32. The van der Waals surface area contributed by atoms with Crippen LogP contribution in [-0.4, -0.2) is 64.2 Å². The molecule has 8 heteroatoms. The van der Waals surface area contributed by atoms with Crippen LogP contribution in [0.4, 0.5) is 0 Å². The second-order valence-corrected chi connectivity index (χ2v) is 8.33. The summed E-state index contributed by atoms with van der Waals surface area (Å²) < 4.78 is 22.1. The first-order valence-electron chi connectivity index (χ1n) is 10.1. The Hall–Kier alpha value is -2.23. The van der Waals surface area contributed by atoms with Crippen molar-refractivity contribution in [2.45, 2.75) is 69.4 Å². The maximum absolute atomic E-state index is 11.6. The summed E-state index contributed by atoms with van der Waals surface area (Å²) in [4.78, 5) is 11.6. The van der Waals surface area contributed by atoms with E-state index in [9.17, 15) is 20.1 Å². The van der Waals surface area contributed by atoms with Crippen LogP contribution in [0.15, 0.2) is 45.7 Å². The fraction of sp³-hybridized carbons (Fsp3) is 0.522. The predicted octanol–water partition coefficient (Wildman–Crippen LogP) is 1.50. The zero-order chi connectivity index (χ0) is 23.0. The highest BCUT2D eigenvalue weighted by molar-refractivity contribution is 5.52. The van der Waals surface area contributed by atoms with Gasteiger partial charge in [-0.1, -0.05) is 30.4 Å². The average molecular weight is 434 g/mol. The maximum atomic E-state index is 11.6. The molecule has 0 unspecified atom stereocenters. The molecule has 0 amide bonds. The van der Waals surface area contributed by atoms with E-state index in [2.05, 4.69) is 0 Å². The van der Waals surface area contributed by atoms with Crippen molar-refractivity contribution in [3.05, 3.63) is 58.2 Å². The van der Waals surface area contributed by atoms with Gasteiger partial charge in [-0.2, -0.15) is 0 Å². The topological polar surface area (TPSA) is 119 Å². The SMILES string of the molecule is COc1cc(=O)oc(/C=C/C=C/C=C/[C@@H]2O[C@]3(C)[C@@H](O)[C@@](C)(O[C@H]3[C@@H](C)O)[C@H]2O)c1C. The highest BCUT2D eigenvalue weighted by Crippen LogP contribution is 2.49. The highest BCUT2D eigenvalue weighted by atomic mass is 16.6. The molecule has 2 bridgehead atoms. The van der Waals surface area contributed by atoms with Crippen molar-refractivity contribution in [3.63, 3.8) is 0 Å². The normalized spacial score (nSPS) is 36.6. The van der Waals surface area contributed by atoms with Crippen LogP contribution < -0.4 is 10.4 Å². The molecule has 0 spiro atoms. The number of aliphatic hydroxyl groups is 3. The van der Waals surface area contributed by atoms with Gasteiger partial charge in [-0.3, -0.25) is 0 Å². The van der Waals surface area contributed by atoms with Crippen molar-refractivity contribution >= 4 is 6.08 Å². The van der Waals surface area contributed by atoms with E-state index >= 15 is 0 Å². The number of allylic oxidation sites excluding steroid dienone is 4. The summed E-state index contributed by atoms with van der Waals surface area (Å²) in [6, 6.07) is 1.29. The van der Waals surface area contributed by atoms with E-state index in [1.165, 1.54) is 13.2 Å². The molecule has 31 heavy (non-hydrogen) atoms. The van der Waals surface area contributed by atoms with E-state index in [4.69, 9.17) is 18.6 Å². The molecule has 0 radical (unpaired) electrons. The van der Waals surface area contributed by atoms with Crippen LogP contribution in [0.25, 0.3) is 6.08 Å². The van der Waals surface area contributed by atoms with Gasteiger partial charge in [0.1, 0.15) is 47.1 Å². The molecule has 3 N–H and O–H groups in total. The first kappa shape index (κ1) is 23.4. The first-order chi connectivity index (χ1) is 14.5. The molecule has 1 aromatic heterocycles. The molecule has 0 aromatic carbocycles. The number of ether oxygens (including phenoxy) is 3. The lowest BCUT2D eigenvalue weighted by Crippen LogP contribution is -2.65. The minimum atomic E-state index is -1.26. The van der Waals surface area contributed by atoms with Crippen molar-refractivity contribution in [3.8, 4) is 5.75 Å². The van der Waals surface area contributed by atoms with Gasteiger partial charge in [-0.15, -0.1) is 0 Å². The number of hydrogen-bond donors (Lipinski definition) is 3. The number of methoxy groups -OCH3 is 1. The third-order valence-electron chi connectivity index (χ3n) is 6.06. The molecular weight excluding hydrogens is 404 g/mol. The van der Waals surface area contributed by atoms with Crippen LogP contribution in [0.5, 0.6) is 5.75 Å². The molecule has 2 saturated heterocycles. The quantitative estimate of drug-likeness (QED) is 0.577. The van der Waals surface area contributed by atoms with Gasteiger partial charge in [0.2, 0.25) is 0 Å². The van der Waals surface area contributed by atoms with Crippen LogP contribution in [0, 0.1) is 6.92 Å². The van der Waals surface area contributed by atoms with Gasteiger partial charge in [0.15, 0.2) is 0 Å². The van der Waals surface area contributed by atoms with E-state index in [0.29, 0.717) is 17.1 Å². The second-order valence-electron chi connectivity index (χ2n) is 8.33. The molecule has 2 aliphatic rings. The molecule has 8 nitrogen and oxygen atoms in total. The second kappa shape index (κ2) is 8.72. The van der Waals surface area contributed by atoms with Crippen molar-refractivity contribution in [1.29, 1.82) is 0 Å². The molecule has 3 rings (SSSR count). The Kier molecular flexibility index (Phi) is 6.59. The molecule has 3 heterocycles. The van der Waals surface area contributed by atoms with E-state index in [1.54, 1.807) is 64.2 Å². The monoisotopic (exact) mass is 434 g/mol. The van der Waals surface area contributed by atoms with Crippen molar-refractivity contribution in [2.24, 2.45) is 0 Å². The molecule has 0 saturated carbocycles. The standard InChI is InChI=1S/C23H30O8/c1-13-15(29-18(25)12-17(13)28-5)10-8-6-7-9-11-16-19(26)22(3)21(27)23(4,30-16)20(31-22)14(2)24/h6-12,14,16,19-21,24,26-27H,1-5H3/b7-6+,10-8+,11-9+/t14-,16+,19+,20+,21+,22+,23+/m1/s1. The predicted molar refractivity (Wildman–Crippen MR) is 114 cm³/mol.